The summed E-state index contributed by atoms with van der Waals surface area (Å²) in [6.45, 7) is 4.21. The second-order valence-corrected chi connectivity index (χ2v) is 9.52. The molecule has 0 aliphatic rings. The monoisotopic (exact) mass is 432 g/mol. The number of nitrogens with zero attached hydrogens (tertiary/aromatic N) is 2. The molecule has 2 heterocycles. The molecular weight excluding hydrogens is 412 g/mol. The van der Waals surface area contributed by atoms with Crippen LogP contribution in [0, 0.1) is 13.8 Å². The third kappa shape index (κ3) is 2.25. The van der Waals surface area contributed by atoms with E-state index in [4.69, 9.17) is 9.97 Å². The number of pyridine rings is 2. The molecule has 8 rings (SSSR count). The largest absolute Gasteiger partial charge is 0.252 e. The van der Waals surface area contributed by atoms with Crippen LogP contribution in [0.2, 0.25) is 0 Å². The van der Waals surface area contributed by atoms with Gasteiger partial charge in [-0.15, -0.1) is 0 Å². The molecule has 8 aromatic rings. The van der Waals surface area contributed by atoms with Gasteiger partial charge in [-0.25, -0.2) is 0 Å². The highest BCUT2D eigenvalue weighted by Gasteiger charge is 2.17. The molecule has 0 radical (unpaired) electrons. The fourth-order valence-corrected chi connectivity index (χ4v) is 6.03. The number of rotatable bonds is 1. The fourth-order valence-electron chi connectivity index (χ4n) is 6.03. The summed E-state index contributed by atoms with van der Waals surface area (Å²) in [5.41, 5.74) is 6.61. The Bertz CT molecular complexity index is 2020. The topological polar surface area (TPSA) is 25.8 Å². The minimum Gasteiger partial charge on any atom is -0.252 e. The normalized spacial score (nSPS) is 12.4. The van der Waals surface area contributed by atoms with E-state index in [1.54, 1.807) is 0 Å². The van der Waals surface area contributed by atoms with Gasteiger partial charge < -0.3 is 0 Å². The molecule has 0 aliphatic carbocycles. The predicted octanol–water partition coefficient (Wildman–Crippen LogP) is 8.56. The van der Waals surface area contributed by atoms with Crippen LogP contribution in [0.15, 0.2) is 84.9 Å². The molecular formula is C32H20N2. The van der Waals surface area contributed by atoms with E-state index in [-0.39, 0.29) is 0 Å². The lowest BCUT2D eigenvalue weighted by Crippen LogP contribution is -1.96. The van der Waals surface area contributed by atoms with Gasteiger partial charge in [0.05, 0.1) is 11.0 Å². The molecule has 0 spiro atoms. The number of benzene rings is 6. The van der Waals surface area contributed by atoms with Crippen LogP contribution in [-0.4, -0.2) is 9.97 Å². The Hall–Kier alpha value is -4.30. The zero-order chi connectivity index (χ0) is 22.6. The third-order valence-corrected chi connectivity index (χ3v) is 7.56. The van der Waals surface area contributed by atoms with Gasteiger partial charge in [0.1, 0.15) is 0 Å². The summed E-state index contributed by atoms with van der Waals surface area (Å²) >= 11 is 0. The first-order valence-electron chi connectivity index (χ1n) is 11.8. The zero-order valence-electron chi connectivity index (χ0n) is 19.0. The van der Waals surface area contributed by atoms with Crippen LogP contribution < -0.4 is 0 Å². The van der Waals surface area contributed by atoms with E-state index < -0.39 is 0 Å². The molecule has 0 aliphatic heterocycles. The first-order valence-corrected chi connectivity index (χ1v) is 11.8. The van der Waals surface area contributed by atoms with Crippen molar-refractivity contribution >= 4 is 64.9 Å². The van der Waals surface area contributed by atoms with Crippen molar-refractivity contribution in [2.24, 2.45) is 0 Å². The Morgan fingerprint density at radius 2 is 1.00 bits per heavy atom. The molecule has 0 atom stereocenters. The quantitative estimate of drug-likeness (QED) is 0.243. The number of aryl methyl sites for hydroxylation is 2. The van der Waals surface area contributed by atoms with Crippen LogP contribution in [0.4, 0.5) is 0 Å². The summed E-state index contributed by atoms with van der Waals surface area (Å²) in [7, 11) is 0. The Kier molecular flexibility index (Phi) is 3.30. The fraction of sp³-hybridized carbons (Fsp3) is 0.0625. The Labute approximate surface area is 196 Å². The predicted molar refractivity (Wildman–Crippen MR) is 144 cm³/mol. The highest BCUT2D eigenvalue weighted by molar-refractivity contribution is 6.25. The molecule has 0 unspecified atom stereocenters. The molecule has 6 aromatic carbocycles. The summed E-state index contributed by atoms with van der Waals surface area (Å²) in [6.07, 6.45) is 0. The van der Waals surface area contributed by atoms with Crippen molar-refractivity contribution in [1.29, 1.82) is 0 Å². The maximum absolute atomic E-state index is 5.05. The van der Waals surface area contributed by atoms with Crippen molar-refractivity contribution < 1.29 is 0 Å². The number of hydrogen-bond acceptors (Lipinski definition) is 2. The molecule has 0 N–H and O–H groups in total. The minimum atomic E-state index is 1.05. The van der Waals surface area contributed by atoms with E-state index in [0.29, 0.717) is 0 Å². The van der Waals surface area contributed by atoms with Crippen molar-refractivity contribution in [3.05, 3.63) is 96.3 Å². The SMILES string of the molecule is Cc1nc2cc(-c3cc4ccc5cccc6ccc(c3)c4c56)cc3c(C)nc4cccc1c4c23. The molecule has 2 aromatic heterocycles. The molecule has 0 saturated heterocycles. The van der Waals surface area contributed by atoms with Crippen molar-refractivity contribution in [2.45, 2.75) is 13.8 Å². The average molecular weight is 433 g/mol. The lowest BCUT2D eigenvalue weighted by molar-refractivity contribution is 1.26. The van der Waals surface area contributed by atoms with E-state index in [1.165, 1.54) is 65.0 Å². The second kappa shape index (κ2) is 6.18. The van der Waals surface area contributed by atoms with Crippen LogP contribution in [0.1, 0.15) is 11.4 Å². The van der Waals surface area contributed by atoms with Crippen molar-refractivity contribution in [1.82, 2.24) is 9.97 Å². The summed E-state index contributed by atoms with van der Waals surface area (Å²) < 4.78 is 0. The van der Waals surface area contributed by atoms with Gasteiger partial charge in [0.2, 0.25) is 0 Å². The highest BCUT2D eigenvalue weighted by atomic mass is 14.7. The number of hydrogen-bond donors (Lipinski definition) is 0. The first-order chi connectivity index (χ1) is 16.7. The molecule has 0 saturated carbocycles. The van der Waals surface area contributed by atoms with Gasteiger partial charge in [0.15, 0.2) is 0 Å². The molecule has 2 heteroatoms. The van der Waals surface area contributed by atoms with E-state index in [9.17, 15) is 0 Å². The van der Waals surface area contributed by atoms with Gasteiger partial charge in [-0.2, -0.15) is 0 Å². The van der Waals surface area contributed by atoms with Gasteiger partial charge >= 0.3 is 0 Å². The van der Waals surface area contributed by atoms with Crippen LogP contribution in [0.25, 0.3) is 76.0 Å². The van der Waals surface area contributed by atoms with E-state index >= 15 is 0 Å². The minimum absolute atomic E-state index is 1.05. The summed E-state index contributed by atoms with van der Waals surface area (Å²) in [6, 6.07) is 31.1. The van der Waals surface area contributed by atoms with Crippen LogP contribution in [0.3, 0.4) is 0 Å². The highest BCUT2D eigenvalue weighted by Crippen LogP contribution is 2.40. The zero-order valence-corrected chi connectivity index (χ0v) is 19.0. The molecule has 2 nitrogen and oxygen atoms in total. The molecule has 0 fully saturated rings. The van der Waals surface area contributed by atoms with Crippen LogP contribution in [0.5, 0.6) is 0 Å². The molecule has 158 valence electrons. The van der Waals surface area contributed by atoms with Crippen LogP contribution in [-0.2, 0) is 0 Å². The maximum Gasteiger partial charge on any atom is 0.0725 e. The Morgan fingerprint density at radius 3 is 1.76 bits per heavy atom. The van der Waals surface area contributed by atoms with E-state index in [2.05, 4.69) is 98.8 Å². The first kappa shape index (κ1) is 18.2. The number of aromatic nitrogens is 2. The Morgan fingerprint density at radius 1 is 0.441 bits per heavy atom. The third-order valence-electron chi connectivity index (χ3n) is 7.56. The van der Waals surface area contributed by atoms with Gasteiger partial charge in [0, 0.05) is 32.9 Å². The van der Waals surface area contributed by atoms with Crippen molar-refractivity contribution in [3.8, 4) is 11.1 Å². The van der Waals surface area contributed by atoms with Crippen LogP contribution >= 0.6 is 0 Å². The standard InChI is InChI=1S/C32H20N2/c1-17-25-7-4-8-27-31(25)32-26(18(2)33-27)15-24(16-28(32)34-17)23-13-21-11-9-19-5-3-6-20-10-12-22(14-23)30(21)29(19)20/h3-16H,1-2H3. The molecule has 0 bridgehead atoms. The van der Waals surface area contributed by atoms with Crippen molar-refractivity contribution in [2.75, 3.05) is 0 Å². The van der Waals surface area contributed by atoms with Gasteiger partial charge in [-0.1, -0.05) is 54.6 Å². The molecule has 34 heavy (non-hydrogen) atoms. The van der Waals surface area contributed by atoms with Gasteiger partial charge in [-0.05, 0) is 87.6 Å². The Balaban J connectivity index is 1.48. The van der Waals surface area contributed by atoms with Crippen molar-refractivity contribution in [3.63, 3.8) is 0 Å². The van der Waals surface area contributed by atoms with Gasteiger partial charge in [0.25, 0.3) is 0 Å². The lowest BCUT2D eigenvalue weighted by Gasteiger charge is -2.16. The summed E-state index contributed by atoms with van der Waals surface area (Å²) in [4.78, 5) is 10.0. The average Bonchev–Trinajstić information content (AvgIpc) is 2.86. The lowest BCUT2D eigenvalue weighted by atomic mass is 9.90. The maximum atomic E-state index is 5.05. The second-order valence-electron chi connectivity index (χ2n) is 9.52. The molecule has 0 amide bonds. The van der Waals surface area contributed by atoms with E-state index in [0.717, 1.165) is 22.4 Å². The smallest absolute Gasteiger partial charge is 0.0725 e. The van der Waals surface area contributed by atoms with Gasteiger partial charge in [-0.3, -0.25) is 9.97 Å². The summed E-state index contributed by atoms with van der Waals surface area (Å²) in [5.74, 6) is 0. The summed E-state index contributed by atoms with van der Waals surface area (Å²) in [5, 5.41) is 12.7. The van der Waals surface area contributed by atoms with E-state index in [1.807, 2.05) is 0 Å².